The minimum atomic E-state index is -3.79. The molecule has 0 unspecified atom stereocenters. The van der Waals surface area contributed by atoms with E-state index < -0.39 is 28.5 Å². The van der Waals surface area contributed by atoms with Gasteiger partial charge in [-0.15, -0.1) is 0 Å². The molecule has 186 valence electrons. The molecule has 1 N–H and O–H groups in total. The van der Waals surface area contributed by atoms with E-state index in [-0.39, 0.29) is 18.4 Å². The lowest BCUT2D eigenvalue weighted by Crippen LogP contribution is -2.51. The Balaban J connectivity index is 2.39. The Morgan fingerprint density at radius 1 is 1.03 bits per heavy atom. The second-order valence-electron chi connectivity index (χ2n) is 9.02. The maximum Gasteiger partial charge on any atom is 0.244 e. The zero-order chi connectivity index (χ0) is 25.6. The monoisotopic (exact) mass is 507 g/mol. The normalized spacial score (nSPS) is 12.4. The van der Waals surface area contributed by atoms with Gasteiger partial charge in [0.15, 0.2) is 0 Å². The van der Waals surface area contributed by atoms with Crippen molar-refractivity contribution in [1.29, 1.82) is 0 Å². The van der Waals surface area contributed by atoms with Gasteiger partial charge < -0.3 is 10.2 Å². The Labute approximate surface area is 208 Å². The first-order chi connectivity index (χ1) is 15.8. The summed E-state index contributed by atoms with van der Waals surface area (Å²) < 4.78 is 26.4. The fourth-order valence-corrected chi connectivity index (χ4v) is 4.55. The summed E-state index contributed by atoms with van der Waals surface area (Å²) >= 11 is 6.03. The van der Waals surface area contributed by atoms with Crippen molar-refractivity contribution in [2.24, 2.45) is 5.92 Å². The molecule has 0 radical (unpaired) electrons. The van der Waals surface area contributed by atoms with Gasteiger partial charge in [0, 0.05) is 18.1 Å². The SMILES string of the molecule is Cc1ccc(CN(C(=O)CN(c2ccc(Cl)cc2C)S(C)(=O)=O)[C@@H](C)C(=O)NCC(C)C)cc1. The van der Waals surface area contributed by atoms with Crippen LogP contribution in [0.4, 0.5) is 5.69 Å². The molecular weight excluding hydrogens is 474 g/mol. The highest BCUT2D eigenvalue weighted by molar-refractivity contribution is 7.92. The third-order valence-corrected chi connectivity index (χ3v) is 6.79. The number of halogens is 1. The minimum Gasteiger partial charge on any atom is -0.354 e. The first-order valence-electron chi connectivity index (χ1n) is 11.2. The molecule has 0 saturated heterocycles. The van der Waals surface area contributed by atoms with Gasteiger partial charge in [0.1, 0.15) is 12.6 Å². The van der Waals surface area contributed by atoms with E-state index >= 15 is 0 Å². The molecule has 0 heterocycles. The van der Waals surface area contributed by atoms with Crippen LogP contribution in [0.3, 0.4) is 0 Å². The number of carbonyl (C=O) groups is 2. The molecular formula is C25H34ClN3O4S. The number of carbonyl (C=O) groups excluding carboxylic acids is 2. The lowest BCUT2D eigenvalue weighted by Gasteiger charge is -2.32. The van der Waals surface area contributed by atoms with Crippen molar-refractivity contribution in [2.75, 3.05) is 23.7 Å². The van der Waals surface area contributed by atoms with Gasteiger partial charge in [-0.2, -0.15) is 0 Å². The Morgan fingerprint density at radius 2 is 1.65 bits per heavy atom. The lowest BCUT2D eigenvalue weighted by molar-refractivity contribution is -0.139. The standard InChI is InChI=1S/C25H34ClN3O4S/c1-17(2)14-27-25(31)20(5)28(15-21-9-7-18(3)8-10-21)24(30)16-29(34(6,32)33)23-12-11-22(26)13-19(23)4/h7-13,17,20H,14-16H2,1-6H3,(H,27,31)/t20-/m0/s1. The molecule has 34 heavy (non-hydrogen) atoms. The maximum atomic E-state index is 13.5. The molecule has 2 aromatic carbocycles. The van der Waals surface area contributed by atoms with Crippen molar-refractivity contribution in [3.05, 3.63) is 64.2 Å². The van der Waals surface area contributed by atoms with Crippen molar-refractivity contribution < 1.29 is 18.0 Å². The Kier molecular flexibility index (Phi) is 9.53. The van der Waals surface area contributed by atoms with Crippen LogP contribution >= 0.6 is 11.6 Å². The summed E-state index contributed by atoms with van der Waals surface area (Å²) in [5.41, 5.74) is 2.91. The van der Waals surface area contributed by atoms with E-state index in [2.05, 4.69) is 5.32 Å². The molecule has 9 heteroatoms. The van der Waals surface area contributed by atoms with Gasteiger partial charge in [0.05, 0.1) is 11.9 Å². The fourth-order valence-electron chi connectivity index (χ4n) is 3.42. The number of rotatable bonds is 10. The number of anilines is 1. The number of hydrogen-bond donors (Lipinski definition) is 1. The highest BCUT2D eigenvalue weighted by Crippen LogP contribution is 2.26. The second kappa shape index (κ2) is 11.7. The van der Waals surface area contributed by atoms with Gasteiger partial charge in [0.2, 0.25) is 21.8 Å². The van der Waals surface area contributed by atoms with Crippen molar-refractivity contribution in [1.82, 2.24) is 10.2 Å². The summed E-state index contributed by atoms with van der Waals surface area (Å²) in [6.45, 7) is 9.54. The number of nitrogens with one attached hydrogen (secondary N) is 1. The molecule has 0 aliphatic heterocycles. The van der Waals surface area contributed by atoms with Crippen LogP contribution in [0.25, 0.3) is 0 Å². The predicted octanol–water partition coefficient (Wildman–Crippen LogP) is 3.91. The maximum absolute atomic E-state index is 13.5. The van der Waals surface area contributed by atoms with Crippen LogP contribution in [0.2, 0.25) is 5.02 Å². The quantitative estimate of drug-likeness (QED) is 0.528. The van der Waals surface area contributed by atoms with Gasteiger partial charge in [-0.05, 0) is 56.0 Å². The molecule has 1 atom stereocenters. The summed E-state index contributed by atoms with van der Waals surface area (Å²) in [4.78, 5) is 27.8. The molecule has 2 aromatic rings. The second-order valence-corrected chi connectivity index (χ2v) is 11.4. The molecule has 0 spiro atoms. The molecule has 7 nitrogen and oxygen atoms in total. The third-order valence-electron chi connectivity index (χ3n) is 5.43. The topological polar surface area (TPSA) is 86.8 Å². The number of benzene rings is 2. The van der Waals surface area contributed by atoms with Crippen LogP contribution in [0.15, 0.2) is 42.5 Å². The van der Waals surface area contributed by atoms with Gasteiger partial charge in [-0.25, -0.2) is 8.42 Å². The van der Waals surface area contributed by atoms with Gasteiger partial charge in [-0.1, -0.05) is 55.3 Å². The largest absolute Gasteiger partial charge is 0.354 e. The van der Waals surface area contributed by atoms with Crippen LogP contribution < -0.4 is 9.62 Å². The van der Waals surface area contributed by atoms with Crippen LogP contribution in [0, 0.1) is 19.8 Å². The average Bonchev–Trinajstić information content (AvgIpc) is 2.74. The summed E-state index contributed by atoms with van der Waals surface area (Å²) in [6.07, 6.45) is 1.05. The highest BCUT2D eigenvalue weighted by Gasteiger charge is 2.30. The van der Waals surface area contributed by atoms with Gasteiger partial charge in [-0.3, -0.25) is 13.9 Å². The summed E-state index contributed by atoms with van der Waals surface area (Å²) in [7, 11) is -3.79. The van der Waals surface area contributed by atoms with Crippen LogP contribution in [0.1, 0.15) is 37.5 Å². The molecule has 0 bridgehead atoms. The zero-order valence-electron chi connectivity index (χ0n) is 20.6. The Hall–Kier alpha value is -2.58. The average molecular weight is 508 g/mol. The number of sulfonamides is 1. The first kappa shape index (κ1) is 27.7. The van der Waals surface area contributed by atoms with Gasteiger partial charge in [0.25, 0.3) is 0 Å². The van der Waals surface area contributed by atoms with E-state index in [9.17, 15) is 18.0 Å². The fraction of sp³-hybridized carbons (Fsp3) is 0.440. The van der Waals surface area contributed by atoms with E-state index in [0.717, 1.165) is 21.7 Å². The minimum absolute atomic E-state index is 0.173. The number of aryl methyl sites for hydroxylation is 2. The summed E-state index contributed by atoms with van der Waals surface area (Å²) in [5, 5.41) is 3.33. The number of amides is 2. The third kappa shape index (κ3) is 7.74. The van der Waals surface area contributed by atoms with E-state index in [1.165, 1.54) is 4.90 Å². The van der Waals surface area contributed by atoms with Gasteiger partial charge >= 0.3 is 0 Å². The van der Waals surface area contributed by atoms with Crippen LogP contribution in [-0.4, -0.2) is 50.5 Å². The van der Waals surface area contributed by atoms with Crippen molar-refractivity contribution in [3.8, 4) is 0 Å². The molecule has 0 fully saturated rings. The van der Waals surface area contributed by atoms with E-state index in [4.69, 9.17) is 11.6 Å². The van der Waals surface area contributed by atoms with E-state index in [0.29, 0.717) is 22.8 Å². The predicted molar refractivity (Wildman–Crippen MR) is 137 cm³/mol. The van der Waals surface area contributed by atoms with E-state index in [1.54, 1.807) is 32.0 Å². The molecule has 0 aliphatic carbocycles. The lowest BCUT2D eigenvalue weighted by atomic mass is 10.1. The highest BCUT2D eigenvalue weighted by atomic mass is 35.5. The van der Waals surface area contributed by atoms with Crippen LogP contribution in [0.5, 0.6) is 0 Å². The summed E-state index contributed by atoms with van der Waals surface area (Å²) in [6, 6.07) is 11.7. The van der Waals surface area contributed by atoms with E-state index in [1.807, 2.05) is 45.0 Å². The number of hydrogen-bond acceptors (Lipinski definition) is 4. The number of nitrogens with zero attached hydrogens (tertiary/aromatic N) is 2. The molecule has 0 aliphatic rings. The first-order valence-corrected chi connectivity index (χ1v) is 13.4. The van der Waals surface area contributed by atoms with Crippen molar-refractivity contribution in [3.63, 3.8) is 0 Å². The molecule has 2 amide bonds. The zero-order valence-corrected chi connectivity index (χ0v) is 22.2. The Morgan fingerprint density at radius 3 is 2.18 bits per heavy atom. The summed E-state index contributed by atoms with van der Waals surface area (Å²) in [5.74, 6) is -0.513. The van der Waals surface area contributed by atoms with Crippen molar-refractivity contribution >= 4 is 39.1 Å². The smallest absolute Gasteiger partial charge is 0.244 e. The van der Waals surface area contributed by atoms with Crippen LogP contribution in [-0.2, 0) is 26.2 Å². The van der Waals surface area contributed by atoms with Crippen molar-refractivity contribution in [2.45, 2.75) is 47.2 Å². The molecule has 0 aromatic heterocycles. The Bertz CT molecular complexity index is 1120. The molecule has 2 rings (SSSR count). The molecule has 0 saturated carbocycles.